The average molecular weight is 406 g/mol. The highest BCUT2D eigenvalue weighted by atomic mass is 16.5. The molecule has 1 aromatic carbocycles. The summed E-state index contributed by atoms with van der Waals surface area (Å²) in [4.78, 5) is 34.6. The number of nitrogens with zero attached hydrogens (tertiary/aromatic N) is 4. The smallest absolute Gasteiger partial charge is 0.257 e. The van der Waals surface area contributed by atoms with Gasteiger partial charge in [0, 0.05) is 24.2 Å². The Bertz CT molecular complexity index is 1050. The van der Waals surface area contributed by atoms with E-state index in [1.807, 2.05) is 11.0 Å². The fourth-order valence-electron chi connectivity index (χ4n) is 3.45. The number of benzene rings is 1. The number of carbonyl (C=O) groups excluding carboxylic acids is 2. The maximum absolute atomic E-state index is 12.5. The van der Waals surface area contributed by atoms with Crippen LogP contribution in [-0.4, -0.2) is 40.0 Å². The van der Waals surface area contributed by atoms with Crippen molar-refractivity contribution in [1.82, 2.24) is 15.1 Å². The third-order valence-electron chi connectivity index (χ3n) is 5.08. The van der Waals surface area contributed by atoms with Crippen LogP contribution in [0.3, 0.4) is 0 Å². The molecule has 0 spiro atoms. The lowest BCUT2D eigenvalue weighted by Gasteiger charge is -2.32. The molecule has 154 valence electrons. The second-order valence-electron chi connectivity index (χ2n) is 7.27. The number of primary amides is 1. The van der Waals surface area contributed by atoms with Gasteiger partial charge in [0.2, 0.25) is 5.91 Å². The second kappa shape index (κ2) is 8.32. The zero-order valence-corrected chi connectivity index (χ0v) is 16.5. The fourth-order valence-corrected chi connectivity index (χ4v) is 3.45. The monoisotopic (exact) mass is 406 g/mol. The molecule has 1 fully saturated rings. The molecule has 2 amide bonds. The van der Waals surface area contributed by atoms with Gasteiger partial charge in [-0.25, -0.2) is 4.98 Å². The summed E-state index contributed by atoms with van der Waals surface area (Å²) in [6, 6.07) is 10.5. The number of nitrogens with two attached hydrogens (primary N) is 1. The highest BCUT2D eigenvalue weighted by Crippen LogP contribution is 2.23. The van der Waals surface area contributed by atoms with E-state index >= 15 is 0 Å². The minimum atomic E-state index is -0.274. The first-order chi connectivity index (χ1) is 14.5. The van der Waals surface area contributed by atoms with Gasteiger partial charge in [0.1, 0.15) is 5.82 Å². The van der Waals surface area contributed by atoms with E-state index < -0.39 is 0 Å². The molecule has 1 aliphatic rings. The summed E-state index contributed by atoms with van der Waals surface area (Å²) in [6.45, 7) is 3.14. The number of nitrogens with one attached hydrogen (secondary N) is 1. The summed E-state index contributed by atoms with van der Waals surface area (Å²) in [5.74, 6) is 1.05. The minimum absolute atomic E-state index is 0.154. The molecule has 2 aromatic heterocycles. The molecule has 0 aliphatic carbocycles. The van der Waals surface area contributed by atoms with Crippen LogP contribution in [0.2, 0.25) is 0 Å². The Hall–Kier alpha value is -3.75. The van der Waals surface area contributed by atoms with Crippen LogP contribution in [0.5, 0.6) is 0 Å². The van der Waals surface area contributed by atoms with Crippen LogP contribution >= 0.6 is 0 Å². The molecule has 1 unspecified atom stereocenters. The number of anilines is 2. The molecule has 9 nitrogen and oxygen atoms in total. The van der Waals surface area contributed by atoms with Gasteiger partial charge in [-0.1, -0.05) is 5.16 Å². The summed E-state index contributed by atoms with van der Waals surface area (Å²) >= 11 is 0. The molecule has 3 aromatic rings. The third kappa shape index (κ3) is 4.29. The van der Waals surface area contributed by atoms with Crippen molar-refractivity contribution in [2.75, 3.05) is 23.3 Å². The Kier molecular flexibility index (Phi) is 5.42. The van der Waals surface area contributed by atoms with Crippen LogP contribution in [0, 0.1) is 12.8 Å². The van der Waals surface area contributed by atoms with E-state index in [-0.39, 0.29) is 17.7 Å². The molecule has 1 atom stereocenters. The van der Waals surface area contributed by atoms with E-state index in [4.69, 9.17) is 10.3 Å². The Balaban J connectivity index is 1.39. The summed E-state index contributed by atoms with van der Waals surface area (Å²) in [7, 11) is 0. The van der Waals surface area contributed by atoms with Crippen molar-refractivity contribution < 1.29 is 14.1 Å². The Labute approximate surface area is 173 Å². The number of hydrogen-bond acceptors (Lipinski definition) is 7. The molecular weight excluding hydrogens is 384 g/mol. The second-order valence-corrected chi connectivity index (χ2v) is 7.27. The summed E-state index contributed by atoms with van der Waals surface area (Å²) in [5.41, 5.74) is 7.27. The van der Waals surface area contributed by atoms with Crippen LogP contribution in [0.15, 0.2) is 47.1 Å². The molecule has 4 rings (SSSR count). The van der Waals surface area contributed by atoms with Crippen molar-refractivity contribution in [3.63, 3.8) is 0 Å². The lowest BCUT2D eigenvalue weighted by molar-refractivity contribution is -0.122. The Morgan fingerprint density at radius 1 is 1.20 bits per heavy atom. The van der Waals surface area contributed by atoms with E-state index in [9.17, 15) is 9.59 Å². The van der Waals surface area contributed by atoms with Gasteiger partial charge in [0.25, 0.3) is 11.8 Å². The maximum atomic E-state index is 12.5. The average Bonchev–Trinajstić information content (AvgIpc) is 3.21. The number of carbonyl (C=O) groups is 2. The topological polar surface area (TPSA) is 127 Å². The standard InChI is InChI=1S/C21H22N6O3/c1-13-24-21(30-26-13)15-6-4-14(5-7-15)20(29)25-17-8-9-18(23-11-17)27-10-2-3-16(12-27)19(22)28/h4-9,11,16H,2-3,10,12H2,1H3,(H2,22,28)(H,25,29). The fraction of sp³-hybridized carbons (Fsp3) is 0.286. The number of piperidine rings is 1. The molecule has 9 heteroatoms. The predicted molar refractivity (Wildman–Crippen MR) is 111 cm³/mol. The quantitative estimate of drug-likeness (QED) is 0.666. The van der Waals surface area contributed by atoms with Crippen LogP contribution in [0.25, 0.3) is 11.5 Å². The SMILES string of the molecule is Cc1noc(-c2ccc(C(=O)Nc3ccc(N4CCCC(C(N)=O)C4)nc3)cc2)n1. The van der Waals surface area contributed by atoms with Crippen molar-refractivity contribution >= 4 is 23.3 Å². The molecular formula is C21H22N6O3. The van der Waals surface area contributed by atoms with Crippen molar-refractivity contribution in [2.24, 2.45) is 11.7 Å². The number of aryl methyl sites for hydroxylation is 1. The molecule has 1 aliphatic heterocycles. The molecule has 0 radical (unpaired) electrons. The normalized spacial score (nSPS) is 16.3. The van der Waals surface area contributed by atoms with Crippen molar-refractivity contribution in [3.8, 4) is 11.5 Å². The Morgan fingerprint density at radius 3 is 2.63 bits per heavy atom. The first-order valence-corrected chi connectivity index (χ1v) is 9.72. The molecule has 30 heavy (non-hydrogen) atoms. The molecule has 3 heterocycles. The van der Waals surface area contributed by atoms with Crippen LogP contribution < -0.4 is 16.0 Å². The summed E-state index contributed by atoms with van der Waals surface area (Å²) in [5, 5.41) is 6.59. The van der Waals surface area contributed by atoms with Gasteiger partial charge >= 0.3 is 0 Å². The van der Waals surface area contributed by atoms with Gasteiger partial charge in [0.15, 0.2) is 5.82 Å². The van der Waals surface area contributed by atoms with Gasteiger partial charge in [-0.3, -0.25) is 9.59 Å². The van der Waals surface area contributed by atoms with Gasteiger partial charge in [-0.05, 0) is 56.2 Å². The molecule has 0 saturated carbocycles. The van der Waals surface area contributed by atoms with E-state index in [1.54, 1.807) is 43.5 Å². The zero-order chi connectivity index (χ0) is 21.1. The molecule has 1 saturated heterocycles. The number of amides is 2. The third-order valence-corrected chi connectivity index (χ3v) is 5.08. The number of rotatable bonds is 5. The van der Waals surface area contributed by atoms with E-state index in [1.165, 1.54) is 0 Å². The van der Waals surface area contributed by atoms with Gasteiger partial charge in [-0.15, -0.1) is 0 Å². The van der Waals surface area contributed by atoms with Gasteiger partial charge in [0.05, 0.1) is 17.8 Å². The molecule has 0 bridgehead atoms. The van der Waals surface area contributed by atoms with Crippen LogP contribution in [0.4, 0.5) is 11.5 Å². The Morgan fingerprint density at radius 2 is 2.00 bits per heavy atom. The number of aromatic nitrogens is 3. The van der Waals surface area contributed by atoms with Crippen molar-refractivity contribution in [2.45, 2.75) is 19.8 Å². The van der Waals surface area contributed by atoms with E-state index in [0.717, 1.165) is 30.8 Å². The zero-order valence-electron chi connectivity index (χ0n) is 16.5. The van der Waals surface area contributed by atoms with E-state index in [2.05, 4.69) is 20.4 Å². The lowest BCUT2D eigenvalue weighted by Crippen LogP contribution is -2.41. The van der Waals surface area contributed by atoms with Crippen molar-refractivity contribution in [1.29, 1.82) is 0 Å². The minimum Gasteiger partial charge on any atom is -0.369 e. The lowest BCUT2D eigenvalue weighted by atomic mass is 9.97. The highest BCUT2D eigenvalue weighted by molar-refractivity contribution is 6.04. The van der Waals surface area contributed by atoms with Crippen LogP contribution in [0.1, 0.15) is 29.0 Å². The first-order valence-electron chi connectivity index (χ1n) is 9.72. The largest absolute Gasteiger partial charge is 0.369 e. The van der Waals surface area contributed by atoms with Gasteiger partial charge in [-0.2, -0.15) is 4.98 Å². The van der Waals surface area contributed by atoms with Crippen molar-refractivity contribution in [3.05, 3.63) is 54.0 Å². The summed E-state index contributed by atoms with van der Waals surface area (Å²) < 4.78 is 5.13. The van der Waals surface area contributed by atoms with E-state index in [0.29, 0.717) is 29.5 Å². The number of hydrogen-bond donors (Lipinski definition) is 2. The van der Waals surface area contributed by atoms with Gasteiger partial charge < -0.3 is 20.5 Å². The first kappa shape index (κ1) is 19.6. The maximum Gasteiger partial charge on any atom is 0.257 e. The molecule has 3 N–H and O–H groups in total. The number of pyridine rings is 1. The summed E-state index contributed by atoms with van der Waals surface area (Å²) in [6.07, 6.45) is 3.31. The highest BCUT2D eigenvalue weighted by Gasteiger charge is 2.24. The van der Waals surface area contributed by atoms with Crippen LogP contribution in [-0.2, 0) is 4.79 Å². The predicted octanol–water partition coefficient (Wildman–Crippen LogP) is 2.39.